The maximum Gasteiger partial charge on any atom is 0.182 e. The minimum absolute atomic E-state index is 0.0289. The van der Waals surface area contributed by atoms with Crippen LogP contribution in [-0.4, -0.2) is 9.55 Å². The Hall–Kier alpha value is -1.42. The second kappa shape index (κ2) is 4.22. The molecule has 0 fully saturated rings. The van der Waals surface area contributed by atoms with Gasteiger partial charge in [-0.3, -0.25) is 4.79 Å². The summed E-state index contributed by atoms with van der Waals surface area (Å²) in [7, 11) is 0. The van der Waals surface area contributed by atoms with Crippen LogP contribution < -0.4 is 5.43 Å². The Labute approximate surface area is 102 Å². The zero-order valence-corrected chi connectivity index (χ0v) is 10.7. The highest BCUT2D eigenvalue weighted by molar-refractivity contribution is 9.10. The standard InChI is InChI=1S/C12H11BrN2O/c1-8-5-11(16)6-9(2)15(8)12-7-10(13)3-4-14-12/h3-7H,1-2H3. The summed E-state index contributed by atoms with van der Waals surface area (Å²) in [5.41, 5.74) is 1.80. The first-order chi connectivity index (χ1) is 7.58. The first-order valence-corrected chi connectivity index (χ1v) is 5.69. The van der Waals surface area contributed by atoms with Gasteiger partial charge in [-0.1, -0.05) is 15.9 Å². The molecule has 0 spiro atoms. The monoisotopic (exact) mass is 278 g/mol. The number of rotatable bonds is 1. The van der Waals surface area contributed by atoms with Crippen LogP contribution in [0.4, 0.5) is 0 Å². The molecule has 4 heteroatoms. The summed E-state index contributed by atoms with van der Waals surface area (Å²) < 4.78 is 2.92. The van der Waals surface area contributed by atoms with Gasteiger partial charge in [0.25, 0.3) is 0 Å². The van der Waals surface area contributed by atoms with Crippen LogP contribution in [0.1, 0.15) is 11.4 Å². The van der Waals surface area contributed by atoms with Gasteiger partial charge in [0.2, 0.25) is 0 Å². The lowest BCUT2D eigenvalue weighted by Gasteiger charge is -2.13. The smallest absolute Gasteiger partial charge is 0.182 e. The Bertz CT molecular complexity index is 564. The van der Waals surface area contributed by atoms with E-state index in [0.717, 1.165) is 21.7 Å². The van der Waals surface area contributed by atoms with E-state index in [4.69, 9.17) is 0 Å². The number of pyridine rings is 2. The van der Waals surface area contributed by atoms with Crippen LogP contribution in [0.25, 0.3) is 5.82 Å². The molecule has 0 saturated carbocycles. The summed E-state index contributed by atoms with van der Waals surface area (Å²) in [5.74, 6) is 0.810. The summed E-state index contributed by atoms with van der Waals surface area (Å²) in [4.78, 5) is 15.6. The first-order valence-electron chi connectivity index (χ1n) is 4.90. The zero-order valence-electron chi connectivity index (χ0n) is 9.07. The summed E-state index contributed by atoms with van der Waals surface area (Å²) in [6.07, 6.45) is 1.73. The van der Waals surface area contributed by atoms with Gasteiger partial charge in [0, 0.05) is 34.2 Å². The Balaban J connectivity index is 2.69. The van der Waals surface area contributed by atoms with Gasteiger partial charge in [-0.05, 0) is 26.0 Å². The summed E-state index contributed by atoms with van der Waals surface area (Å²) >= 11 is 3.41. The molecule has 0 unspecified atom stereocenters. The third-order valence-electron chi connectivity index (χ3n) is 2.34. The lowest BCUT2D eigenvalue weighted by molar-refractivity contribution is 0.886. The van der Waals surface area contributed by atoms with Crippen molar-refractivity contribution in [1.82, 2.24) is 9.55 Å². The average Bonchev–Trinajstić information content (AvgIpc) is 2.15. The molecular formula is C12H11BrN2O. The van der Waals surface area contributed by atoms with Gasteiger partial charge < -0.3 is 4.57 Å². The number of aromatic nitrogens is 2. The number of aryl methyl sites for hydroxylation is 2. The molecule has 0 amide bonds. The van der Waals surface area contributed by atoms with Crippen LogP contribution >= 0.6 is 15.9 Å². The molecule has 2 heterocycles. The maximum absolute atomic E-state index is 11.3. The van der Waals surface area contributed by atoms with Crippen molar-refractivity contribution in [1.29, 1.82) is 0 Å². The molecule has 2 rings (SSSR count). The van der Waals surface area contributed by atoms with Gasteiger partial charge in [0.15, 0.2) is 5.43 Å². The molecule has 0 aliphatic rings. The van der Waals surface area contributed by atoms with Crippen molar-refractivity contribution < 1.29 is 0 Å². The second-order valence-corrected chi connectivity index (χ2v) is 4.56. The number of hydrogen-bond donors (Lipinski definition) is 0. The van der Waals surface area contributed by atoms with E-state index in [9.17, 15) is 4.79 Å². The normalized spacial score (nSPS) is 10.4. The molecule has 0 aromatic carbocycles. The highest BCUT2D eigenvalue weighted by atomic mass is 79.9. The molecule has 0 saturated heterocycles. The molecule has 0 bridgehead atoms. The number of halogens is 1. The van der Waals surface area contributed by atoms with Crippen LogP contribution in [-0.2, 0) is 0 Å². The highest BCUT2D eigenvalue weighted by Gasteiger charge is 2.05. The van der Waals surface area contributed by atoms with Crippen LogP contribution in [0.2, 0.25) is 0 Å². The first kappa shape index (κ1) is 11.1. The molecule has 2 aromatic rings. The summed E-state index contributed by atoms with van der Waals surface area (Å²) in [6.45, 7) is 3.80. The van der Waals surface area contributed by atoms with Gasteiger partial charge >= 0.3 is 0 Å². The van der Waals surface area contributed by atoms with Crippen molar-refractivity contribution in [2.75, 3.05) is 0 Å². The number of hydrogen-bond acceptors (Lipinski definition) is 2. The predicted molar refractivity (Wildman–Crippen MR) is 67.0 cm³/mol. The van der Waals surface area contributed by atoms with Gasteiger partial charge in [0.1, 0.15) is 5.82 Å². The van der Waals surface area contributed by atoms with Crippen molar-refractivity contribution in [2.45, 2.75) is 13.8 Å². The van der Waals surface area contributed by atoms with E-state index in [1.807, 2.05) is 30.5 Å². The third-order valence-corrected chi connectivity index (χ3v) is 2.84. The van der Waals surface area contributed by atoms with Gasteiger partial charge in [-0.2, -0.15) is 0 Å². The second-order valence-electron chi connectivity index (χ2n) is 3.64. The van der Waals surface area contributed by atoms with E-state index in [1.54, 1.807) is 18.3 Å². The molecule has 0 N–H and O–H groups in total. The molecule has 2 aromatic heterocycles. The van der Waals surface area contributed by atoms with Crippen LogP contribution in [0.15, 0.2) is 39.7 Å². The number of nitrogens with zero attached hydrogens (tertiary/aromatic N) is 2. The van der Waals surface area contributed by atoms with Crippen molar-refractivity contribution in [3.8, 4) is 5.82 Å². The minimum Gasteiger partial charge on any atom is -0.303 e. The Morgan fingerprint density at radius 3 is 2.38 bits per heavy atom. The van der Waals surface area contributed by atoms with Crippen molar-refractivity contribution in [3.63, 3.8) is 0 Å². The zero-order chi connectivity index (χ0) is 11.7. The molecule has 0 aliphatic carbocycles. The summed E-state index contributed by atoms with van der Waals surface area (Å²) in [5, 5.41) is 0. The van der Waals surface area contributed by atoms with E-state index in [0.29, 0.717) is 0 Å². The highest BCUT2D eigenvalue weighted by Crippen LogP contribution is 2.15. The van der Waals surface area contributed by atoms with E-state index < -0.39 is 0 Å². The van der Waals surface area contributed by atoms with E-state index in [2.05, 4.69) is 20.9 Å². The Morgan fingerprint density at radius 1 is 1.19 bits per heavy atom. The van der Waals surface area contributed by atoms with E-state index >= 15 is 0 Å². The molecule has 3 nitrogen and oxygen atoms in total. The van der Waals surface area contributed by atoms with E-state index in [1.165, 1.54) is 0 Å². The molecule has 82 valence electrons. The fourth-order valence-electron chi connectivity index (χ4n) is 1.74. The lowest BCUT2D eigenvalue weighted by Crippen LogP contribution is -2.12. The van der Waals surface area contributed by atoms with Crippen molar-refractivity contribution >= 4 is 15.9 Å². The van der Waals surface area contributed by atoms with Crippen molar-refractivity contribution in [2.24, 2.45) is 0 Å². The fourth-order valence-corrected chi connectivity index (χ4v) is 2.06. The Morgan fingerprint density at radius 2 is 1.81 bits per heavy atom. The van der Waals surface area contributed by atoms with Gasteiger partial charge in [0.05, 0.1) is 0 Å². The average molecular weight is 279 g/mol. The van der Waals surface area contributed by atoms with Crippen LogP contribution in [0.5, 0.6) is 0 Å². The quantitative estimate of drug-likeness (QED) is 0.804. The molecular weight excluding hydrogens is 268 g/mol. The van der Waals surface area contributed by atoms with E-state index in [-0.39, 0.29) is 5.43 Å². The van der Waals surface area contributed by atoms with Crippen molar-refractivity contribution in [3.05, 3.63) is 56.5 Å². The molecule has 0 aliphatic heterocycles. The topological polar surface area (TPSA) is 34.9 Å². The summed E-state index contributed by atoms with van der Waals surface area (Å²) in [6, 6.07) is 7.01. The third kappa shape index (κ3) is 2.07. The Kier molecular flexibility index (Phi) is 2.92. The maximum atomic E-state index is 11.3. The van der Waals surface area contributed by atoms with Crippen LogP contribution in [0.3, 0.4) is 0 Å². The van der Waals surface area contributed by atoms with Gasteiger partial charge in [-0.25, -0.2) is 4.98 Å². The lowest BCUT2D eigenvalue weighted by atomic mass is 10.3. The molecule has 0 radical (unpaired) electrons. The van der Waals surface area contributed by atoms with Crippen LogP contribution in [0, 0.1) is 13.8 Å². The SMILES string of the molecule is Cc1cc(=O)cc(C)n1-c1cc(Br)ccn1. The fraction of sp³-hybridized carbons (Fsp3) is 0.167. The minimum atomic E-state index is 0.0289. The van der Waals surface area contributed by atoms with Gasteiger partial charge in [-0.15, -0.1) is 0 Å². The largest absolute Gasteiger partial charge is 0.303 e. The predicted octanol–water partition coefficient (Wildman–Crippen LogP) is 2.61. The molecule has 0 atom stereocenters. The molecule has 16 heavy (non-hydrogen) atoms.